The van der Waals surface area contributed by atoms with E-state index in [-0.39, 0.29) is 11.5 Å². The Kier molecular flexibility index (Phi) is 5.77. The first kappa shape index (κ1) is 21.6. The van der Waals surface area contributed by atoms with Crippen LogP contribution in [0, 0.1) is 0 Å². The summed E-state index contributed by atoms with van der Waals surface area (Å²) < 4.78 is 17.9. The van der Waals surface area contributed by atoms with Gasteiger partial charge in [-0.1, -0.05) is 13.8 Å². The molecule has 2 aliphatic heterocycles. The summed E-state index contributed by atoms with van der Waals surface area (Å²) in [6.07, 6.45) is 3.50. The Morgan fingerprint density at radius 2 is 1.97 bits per heavy atom. The van der Waals surface area contributed by atoms with E-state index in [0.29, 0.717) is 17.9 Å². The fourth-order valence-corrected chi connectivity index (χ4v) is 4.89. The summed E-state index contributed by atoms with van der Waals surface area (Å²) in [5.74, 6) is 1.04. The van der Waals surface area contributed by atoms with E-state index in [1.165, 1.54) is 11.1 Å². The van der Waals surface area contributed by atoms with Crippen molar-refractivity contribution >= 4 is 28.0 Å². The Balaban J connectivity index is 1.47. The van der Waals surface area contributed by atoms with Crippen LogP contribution in [-0.2, 0) is 22.5 Å². The first-order valence-corrected chi connectivity index (χ1v) is 11.8. The number of furan rings is 1. The van der Waals surface area contributed by atoms with Gasteiger partial charge in [-0.3, -0.25) is 0 Å². The van der Waals surface area contributed by atoms with E-state index < -0.39 is 0 Å². The molecule has 32 heavy (non-hydrogen) atoms. The second kappa shape index (κ2) is 8.57. The topological polar surface area (TPSA) is 86.7 Å². The summed E-state index contributed by atoms with van der Waals surface area (Å²) in [6.45, 7) is 15.1. The minimum Gasteiger partial charge on any atom is -0.432 e. The zero-order chi connectivity index (χ0) is 22.3. The number of fused-ring (bicyclic) bond motifs is 5. The van der Waals surface area contributed by atoms with Crippen molar-refractivity contribution < 1.29 is 18.8 Å². The molecule has 0 radical (unpaired) electrons. The van der Waals surface area contributed by atoms with Gasteiger partial charge >= 0.3 is 0 Å². The molecule has 0 bridgehead atoms. The van der Waals surface area contributed by atoms with Crippen molar-refractivity contribution in [3.63, 3.8) is 0 Å². The van der Waals surface area contributed by atoms with E-state index >= 15 is 0 Å². The number of hydrogen-bond acceptors (Lipinski definition) is 7. The van der Waals surface area contributed by atoms with Crippen LogP contribution in [0.25, 0.3) is 22.2 Å². The second-order valence-electron chi connectivity index (χ2n) is 9.91. The number of anilines is 1. The zero-order valence-corrected chi connectivity index (χ0v) is 19.6. The van der Waals surface area contributed by atoms with Gasteiger partial charge in [-0.2, -0.15) is 0 Å². The van der Waals surface area contributed by atoms with E-state index in [2.05, 4.69) is 43.0 Å². The van der Waals surface area contributed by atoms with Crippen LogP contribution >= 0.6 is 0 Å². The van der Waals surface area contributed by atoms with Crippen LogP contribution in [0.2, 0.25) is 0 Å². The molecule has 3 aromatic rings. The fraction of sp³-hybridized carbons (Fsp3) is 0.625. The maximum absolute atomic E-state index is 6.29. The van der Waals surface area contributed by atoms with E-state index in [1.54, 1.807) is 11.2 Å². The average Bonchev–Trinajstić information content (AvgIpc) is 3.15. The van der Waals surface area contributed by atoms with Crippen molar-refractivity contribution in [3.05, 3.63) is 23.1 Å². The molecule has 1 fully saturated rings. The zero-order valence-electron chi connectivity index (χ0n) is 19.6. The van der Waals surface area contributed by atoms with Crippen molar-refractivity contribution in [3.8, 4) is 0 Å². The predicted octanol–water partition coefficient (Wildman–Crippen LogP) is 2.46. The molecule has 0 spiro atoms. The average molecular weight is 441 g/mol. The molecule has 0 saturated carbocycles. The third kappa shape index (κ3) is 4.07. The number of ether oxygens (including phenoxy) is 2. The van der Waals surface area contributed by atoms with E-state index in [1.807, 2.05) is 0 Å². The highest BCUT2D eigenvalue weighted by Crippen LogP contribution is 2.40. The lowest BCUT2D eigenvalue weighted by Crippen LogP contribution is -3.14. The van der Waals surface area contributed by atoms with Gasteiger partial charge in [0.15, 0.2) is 11.4 Å². The van der Waals surface area contributed by atoms with Gasteiger partial charge in [-0.15, -0.1) is 0 Å². The van der Waals surface area contributed by atoms with Crippen LogP contribution in [0.5, 0.6) is 0 Å². The maximum atomic E-state index is 6.29. The Morgan fingerprint density at radius 3 is 2.75 bits per heavy atom. The second-order valence-corrected chi connectivity index (χ2v) is 9.91. The highest BCUT2D eigenvalue weighted by Gasteiger charge is 2.32. The van der Waals surface area contributed by atoms with Crippen LogP contribution in [0.1, 0.15) is 56.9 Å². The third-order valence-corrected chi connectivity index (χ3v) is 6.61. The van der Waals surface area contributed by atoms with Crippen LogP contribution in [-0.4, -0.2) is 59.9 Å². The number of pyridine rings is 1. The van der Waals surface area contributed by atoms with Crippen molar-refractivity contribution in [1.29, 1.82) is 0 Å². The quantitative estimate of drug-likeness (QED) is 0.570. The highest BCUT2D eigenvalue weighted by molar-refractivity contribution is 6.06. The van der Waals surface area contributed by atoms with Crippen molar-refractivity contribution in [2.45, 2.75) is 58.7 Å². The fourth-order valence-electron chi connectivity index (χ4n) is 4.89. The Labute approximate surface area is 188 Å². The van der Waals surface area contributed by atoms with Gasteiger partial charge < -0.3 is 24.1 Å². The molecule has 0 aliphatic carbocycles. The number of hydrogen-bond donors (Lipinski definition) is 2. The number of aromatic nitrogens is 3. The molecule has 0 unspecified atom stereocenters. The number of rotatable bonds is 6. The minimum absolute atomic E-state index is 0.227. The molecule has 0 atom stereocenters. The molecule has 0 amide bonds. The molecule has 8 nitrogen and oxygen atoms in total. The summed E-state index contributed by atoms with van der Waals surface area (Å²) in [5.41, 5.74) is 5.47. The normalized spacial score (nSPS) is 19.0. The lowest BCUT2D eigenvalue weighted by molar-refractivity contribution is -0.908. The van der Waals surface area contributed by atoms with Crippen LogP contribution in [0.4, 0.5) is 5.82 Å². The Hall–Kier alpha value is -2.29. The monoisotopic (exact) mass is 440 g/mol. The first-order valence-electron chi connectivity index (χ1n) is 11.8. The minimum atomic E-state index is -0.227. The van der Waals surface area contributed by atoms with Crippen LogP contribution < -0.4 is 10.2 Å². The summed E-state index contributed by atoms with van der Waals surface area (Å²) in [5, 5.41) is 4.49. The van der Waals surface area contributed by atoms with Crippen molar-refractivity contribution in [2.24, 2.45) is 0 Å². The van der Waals surface area contributed by atoms with E-state index in [9.17, 15) is 0 Å². The van der Waals surface area contributed by atoms with Gasteiger partial charge in [0.1, 0.15) is 24.9 Å². The summed E-state index contributed by atoms with van der Waals surface area (Å²) >= 11 is 0. The molecular weight excluding hydrogens is 406 g/mol. The van der Waals surface area contributed by atoms with Crippen LogP contribution in [0.15, 0.2) is 10.7 Å². The molecule has 2 N–H and O–H groups in total. The van der Waals surface area contributed by atoms with Gasteiger partial charge in [0, 0.05) is 24.9 Å². The lowest BCUT2D eigenvalue weighted by Gasteiger charge is -2.33. The van der Waals surface area contributed by atoms with Crippen molar-refractivity contribution in [1.82, 2.24) is 15.0 Å². The molecule has 5 heterocycles. The standard InChI is InChI=1S/C24H33N5O3/c1-15(2)19-17-13-31-24(3,4)12-16(17)18-20-21(32-23(18)28-19)22(27-14-26-20)25-6-5-7-29-8-10-30-11-9-29/h14-15H,5-13H2,1-4H3,(H,25,26,27)/p+1. The van der Waals surface area contributed by atoms with E-state index in [0.717, 1.165) is 74.6 Å². The summed E-state index contributed by atoms with van der Waals surface area (Å²) in [4.78, 5) is 15.6. The summed E-state index contributed by atoms with van der Waals surface area (Å²) in [6, 6.07) is 0. The van der Waals surface area contributed by atoms with Gasteiger partial charge in [-0.25, -0.2) is 15.0 Å². The van der Waals surface area contributed by atoms with Crippen LogP contribution in [0.3, 0.4) is 0 Å². The third-order valence-electron chi connectivity index (χ3n) is 6.61. The van der Waals surface area contributed by atoms with Gasteiger partial charge in [0.05, 0.1) is 43.0 Å². The molecule has 0 aromatic carbocycles. The molecule has 172 valence electrons. The molecule has 3 aromatic heterocycles. The predicted molar refractivity (Wildman–Crippen MR) is 123 cm³/mol. The molecule has 1 saturated heterocycles. The molecule has 2 aliphatic rings. The van der Waals surface area contributed by atoms with E-state index in [4.69, 9.17) is 18.9 Å². The molecular formula is C24H34N5O3+. The van der Waals surface area contributed by atoms with Gasteiger partial charge in [-0.05, 0) is 25.3 Å². The highest BCUT2D eigenvalue weighted by atomic mass is 16.5. The number of nitrogens with one attached hydrogen (secondary N) is 2. The largest absolute Gasteiger partial charge is 0.432 e. The Morgan fingerprint density at radius 1 is 1.16 bits per heavy atom. The smallest absolute Gasteiger partial charge is 0.229 e. The first-order chi connectivity index (χ1) is 15.4. The molecule has 5 rings (SSSR count). The SMILES string of the molecule is CC(C)c1nc2oc3c(NCCC[NH+]4CCOCC4)ncnc3c2c2c1COC(C)(C)C2. The number of quaternary nitrogens is 1. The maximum Gasteiger partial charge on any atom is 0.229 e. The van der Waals surface area contributed by atoms with Crippen molar-refractivity contribution in [2.75, 3.05) is 44.7 Å². The van der Waals surface area contributed by atoms with Gasteiger partial charge in [0.25, 0.3) is 0 Å². The molecule has 8 heteroatoms. The lowest BCUT2D eigenvalue weighted by atomic mass is 9.87. The Bertz CT molecular complexity index is 1120. The summed E-state index contributed by atoms with van der Waals surface area (Å²) in [7, 11) is 0. The number of nitrogens with zero attached hydrogens (tertiary/aromatic N) is 3. The van der Waals surface area contributed by atoms with Gasteiger partial charge in [0.2, 0.25) is 5.71 Å². The number of morpholine rings is 1.